The molecule has 0 aromatic carbocycles. The number of nitrogens with zero attached hydrogens (tertiary/aromatic N) is 3. The number of hydrogen-bond acceptors (Lipinski definition) is 4. The van der Waals surface area contributed by atoms with E-state index in [1.54, 1.807) is 13.4 Å². The Kier molecular flexibility index (Phi) is 6.23. The number of fused-ring (bicyclic) bond motifs is 2. The van der Waals surface area contributed by atoms with Crippen LogP contribution in [0.1, 0.15) is 69.2 Å². The summed E-state index contributed by atoms with van der Waals surface area (Å²) in [5.74, 6) is 1.02. The van der Waals surface area contributed by atoms with Gasteiger partial charge < -0.3 is 19.5 Å². The van der Waals surface area contributed by atoms with Gasteiger partial charge in [0.2, 0.25) is 11.8 Å². The van der Waals surface area contributed by atoms with Crippen molar-refractivity contribution in [2.45, 2.75) is 69.7 Å². The Morgan fingerprint density at radius 1 is 1.17 bits per heavy atom. The molecule has 1 saturated heterocycles. The molecule has 3 heterocycles. The first-order chi connectivity index (χ1) is 14.1. The summed E-state index contributed by atoms with van der Waals surface area (Å²) in [7, 11) is 1.56. The van der Waals surface area contributed by atoms with Crippen molar-refractivity contribution in [2.24, 2.45) is 5.92 Å². The number of aromatic nitrogens is 2. The largest absolute Gasteiger partial charge is 0.375 e. The van der Waals surface area contributed by atoms with E-state index in [0.29, 0.717) is 26.1 Å². The minimum atomic E-state index is -0.413. The minimum Gasteiger partial charge on any atom is -0.375 e. The summed E-state index contributed by atoms with van der Waals surface area (Å²) in [6.45, 7) is 2.14. The van der Waals surface area contributed by atoms with Crippen LogP contribution >= 0.6 is 0 Å². The Balaban J connectivity index is 1.41. The molecule has 4 rings (SSSR count). The molecule has 160 valence electrons. The second-order valence-corrected chi connectivity index (χ2v) is 8.91. The van der Waals surface area contributed by atoms with Gasteiger partial charge in [-0.3, -0.25) is 9.59 Å². The fraction of sp³-hybridized carbons (Fsp3) is 0.773. The van der Waals surface area contributed by atoms with E-state index < -0.39 is 5.54 Å². The Labute approximate surface area is 173 Å². The molecule has 0 radical (unpaired) electrons. The maximum absolute atomic E-state index is 12.8. The number of amides is 2. The molecule has 1 aliphatic carbocycles. The van der Waals surface area contributed by atoms with Crippen LogP contribution in [0.3, 0.4) is 0 Å². The number of piperidine rings is 1. The Bertz CT molecular complexity index is 717. The third-order valence-electron chi connectivity index (χ3n) is 7.26. The van der Waals surface area contributed by atoms with E-state index in [4.69, 9.17) is 4.74 Å². The highest BCUT2D eigenvalue weighted by molar-refractivity contribution is 5.79. The molecule has 3 aliphatic rings. The van der Waals surface area contributed by atoms with Gasteiger partial charge in [-0.25, -0.2) is 4.98 Å². The van der Waals surface area contributed by atoms with Crippen LogP contribution in [0.5, 0.6) is 0 Å². The average Bonchev–Trinajstić information content (AvgIpc) is 3.24. The zero-order valence-corrected chi connectivity index (χ0v) is 17.6. The van der Waals surface area contributed by atoms with Crippen LogP contribution in [0, 0.1) is 5.92 Å². The highest BCUT2D eigenvalue weighted by atomic mass is 16.5. The molecule has 1 saturated carbocycles. The first-order valence-electron chi connectivity index (χ1n) is 11.2. The number of carbonyl (C=O) groups excluding carboxylic acids is 2. The zero-order chi connectivity index (χ0) is 20.3. The lowest BCUT2D eigenvalue weighted by atomic mass is 9.78. The fourth-order valence-electron chi connectivity index (χ4n) is 5.64. The van der Waals surface area contributed by atoms with Gasteiger partial charge in [-0.05, 0) is 25.2 Å². The summed E-state index contributed by atoms with van der Waals surface area (Å²) >= 11 is 0. The van der Waals surface area contributed by atoms with Crippen LogP contribution in [0.15, 0.2) is 6.33 Å². The van der Waals surface area contributed by atoms with E-state index in [2.05, 4.69) is 9.97 Å². The topological polar surface area (TPSA) is 78.5 Å². The molecule has 2 amide bonds. The van der Waals surface area contributed by atoms with Crippen molar-refractivity contribution in [3.63, 3.8) is 0 Å². The van der Waals surface area contributed by atoms with E-state index in [-0.39, 0.29) is 18.4 Å². The number of ether oxygens (including phenoxy) is 1. The van der Waals surface area contributed by atoms with E-state index in [0.717, 1.165) is 43.0 Å². The molecule has 29 heavy (non-hydrogen) atoms. The zero-order valence-electron chi connectivity index (χ0n) is 17.6. The van der Waals surface area contributed by atoms with Gasteiger partial charge in [0, 0.05) is 45.3 Å². The SMILES string of the molecule is COCC(=O)N1CCc2[nH]cnc2C12CCN(C(=O)CCC1CCCCC1)CC2. The molecule has 1 aromatic heterocycles. The van der Waals surface area contributed by atoms with E-state index >= 15 is 0 Å². The van der Waals surface area contributed by atoms with E-state index in [1.165, 1.54) is 32.1 Å². The van der Waals surface area contributed by atoms with Crippen molar-refractivity contribution in [3.8, 4) is 0 Å². The van der Waals surface area contributed by atoms with Gasteiger partial charge in [0.1, 0.15) is 6.61 Å². The molecule has 1 N–H and O–H groups in total. The summed E-state index contributed by atoms with van der Waals surface area (Å²) < 4.78 is 5.13. The number of rotatable bonds is 5. The predicted octanol–water partition coefficient (Wildman–Crippen LogP) is 2.62. The van der Waals surface area contributed by atoms with Gasteiger partial charge in [-0.2, -0.15) is 0 Å². The van der Waals surface area contributed by atoms with Crippen LogP contribution in [0.4, 0.5) is 0 Å². The standard InChI is InChI=1S/C22H34N4O3/c1-29-15-20(28)26-12-9-18-21(24-16-23-18)22(26)10-13-25(14-11-22)19(27)8-7-17-5-3-2-4-6-17/h16-17H,2-15H2,1H3,(H,23,24). The quantitative estimate of drug-likeness (QED) is 0.821. The second-order valence-electron chi connectivity index (χ2n) is 8.91. The lowest BCUT2D eigenvalue weighted by Crippen LogP contribution is -2.59. The van der Waals surface area contributed by atoms with Crippen molar-refractivity contribution >= 4 is 11.8 Å². The summed E-state index contributed by atoms with van der Waals surface area (Å²) in [5.41, 5.74) is 1.70. The molecular weight excluding hydrogens is 368 g/mol. The van der Waals surface area contributed by atoms with Crippen LogP contribution in [0.25, 0.3) is 0 Å². The van der Waals surface area contributed by atoms with Gasteiger partial charge in [0.25, 0.3) is 0 Å². The lowest BCUT2D eigenvalue weighted by Gasteiger charge is -2.50. The van der Waals surface area contributed by atoms with Gasteiger partial charge >= 0.3 is 0 Å². The number of carbonyl (C=O) groups is 2. The summed E-state index contributed by atoms with van der Waals surface area (Å²) in [4.78, 5) is 37.4. The Morgan fingerprint density at radius 3 is 2.66 bits per heavy atom. The third kappa shape index (κ3) is 4.06. The molecule has 7 nitrogen and oxygen atoms in total. The molecular formula is C22H34N4O3. The molecule has 1 spiro atoms. The van der Waals surface area contributed by atoms with Crippen molar-refractivity contribution in [1.82, 2.24) is 19.8 Å². The molecule has 0 bridgehead atoms. The van der Waals surface area contributed by atoms with E-state index in [9.17, 15) is 9.59 Å². The second kappa shape index (κ2) is 8.86. The third-order valence-corrected chi connectivity index (χ3v) is 7.26. The Morgan fingerprint density at radius 2 is 1.93 bits per heavy atom. The van der Waals surface area contributed by atoms with Crippen molar-refractivity contribution < 1.29 is 14.3 Å². The van der Waals surface area contributed by atoms with Crippen LogP contribution in [0.2, 0.25) is 0 Å². The summed E-state index contributed by atoms with van der Waals surface area (Å²) in [6, 6.07) is 0. The lowest BCUT2D eigenvalue weighted by molar-refractivity contribution is -0.147. The Hall–Kier alpha value is -1.89. The molecule has 0 unspecified atom stereocenters. The maximum Gasteiger partial charge on any atom is 0.249 e. The number of likely N-dealkylation sites (tertiary alicyclic amines) is 1. The number of imidazole rings is 1. The predicted molar refractivity (Wildman–Crippen MR) is 109 cm³/mol. The molecule has 2 fully saturated rings. The number of nitrogens with one attached hydrogen (secondary N) is 1. The van der Waals surface area contributed by atoms with E-state index in [1.807, 2.05) is 9.80 Å². The highest BCUT2D eigenvalue weighted by Gasteiger charge is 2.49. The van der Waals surface area contributed by atoms with Crippen molar-refractivity contribution in [2.75, 3.05) is 33.4 Å². The molecule has 2 aliphatic heterocycles. The van der Waals surface area contributed by atoms with Crippen molar-refractivity contribution in [3.05, 3.63) is 17.7 Å². The molecule has 7 heteroatoms. The van der Waals surface area contributed by atoms with Crippen molar-refractivity contribution in [1.29, 1.82) is 0 Å². The normalized spacial score (nSPS) is 22.0. The average molecular weight is 403 g/mol. The van der Waals surface area contributed by atoms with Gasteiger partial charge in [-0.15, -0.1) is 0 Å². The first-order valence-corrected chi connectivity index (χ1v) is 11.2. The van der Waals surface area contributed by atoms with Gasteiger partial charge in [-0.1, -0.05) is 32.1 Å². The van der Waals surface area contributed by atoms with Crippen LogP contribution in [-0.4, -0.2) is 64.9 Å². The monoisotopic (exact) mass is 402 g/mol. The molecule has 0 atom stereocenters. The summed E-state index contributed by atoms with van der Waals surface area (Å²) in [6.07, 6.45) is 12.3. The summed E-state index contributed by atoms with van der Waals surface area (Å²) in [5, 5.41) is 0. The number of methoxy groups -OCH3 is 1. The fourth-order valence-corrected chi connectivity index (χ4v) is 5.64. The maximum atomic E-state index is 12.8. The highest BCUT2D eigenvalue weighted by Crippen LogP contribution is 2.42. The number of H-pyrrole nitrogens is 1. The van der Waals surface area contributed by atoms with Crippen LogP contribution < -0.4 is 0 Å². The molecule has 1 aromatic rings. The minimum absolute atomic E-state index is 0.0122. The smallest absolute Gasteiger partial charge is 0.249 e. The van der Waals surface area contributed by atoms with Crippen LogP contribution in [-0.2, 0) is 26.3 Å². The number of hydrogen-bond donors (Lipinski definition) is 1. The number of aromatic amines is 1. The first kappa shape index (κ1) is 20.4. The van der Waals surface area contributed by atoms with Gasteiger partial charge in [0.05, 0.1) is 17.6 Å². The van der Waals surface area contributed by atoms with Gasteiger partial charge in [0.15, 0.2) is 0 Å².